The maximum Gasteiger partial charge on any atom is 0.193 e. The molecule has 0 unspecified atom stereocenters. The fraction of sp³-hybridized carbons (Fsp3) is 0.350. The van der Waals surface area contributed by atoms with Crippen LogP contribution in [0.15, 0.2) is 47.5 Å². The quantitative estimate of drug-likeness (QED) is 0.253. The molecule has 0 atom stereocenters. The molecule has 3 N–H and O–H groups in total. The van der Waals surface area contributed by atoms with Crippen molar-refractivity contribution in [2.45, 2.75) is 19.8 Å². The van der Waals surface area contributed by atoms with E-state index in [1.807, 2.05) is 18.2 Å². The van der Waals surface area contributed by atoms with Gasteiger partial charge in [0, 0.05) is 11.8 Å². The normalized spacial score (nSPS) is 10.9. The summed E-state index contributed by atoms with van der Waals surface area (Å²) in [6.45, 7) is 5.24. The van der Waals surface area contributed by atoms with Crippen LogP contribution >= 0.6 is 24.0 Å². The second kappa shape index (κ2) is 11.5. The van der Waals surface area contributed by atoms with Gasteiger partial charge in [-0.25, -0.2) is 4.99 Å². The van der Waals surface area contributed by atoms with Gasteiger partial charge < -0.3 is 25.3 Å². The highest BCUT2D eigenvalue weighted by Crippen LogP contribution is 2.29. The minimum Gasteiger partial charge on any atom is -0.493 e. The first-order valence-electron chi connectivity index (χ1n) is 8.55. The van der Waals surface area contributed by atoms with Crippen LogP contribution in [-0.2, 0) is 0 Å². The predicted molar refractivity (Wildman–Crippen MR) is 121 cm³/mol. The van der Waals surface area contributed by atoms with E-state index >= 15 is 0 Å². The summed E-state index contributed by atoms with van der Waals surface area (Å²) in [6.07, 6.45) is 0. The van der Waals surface area contributed by atoms with Crippen molar-refractivity contribution in [1.29, 1.82) is 0 Å². The van der Waals surface area contributed by atoms with E-state index in [0.29, 0.717) is 36.5 Å². The van der Waals surface area contributed by atoms with Crippen LogP contribution in [-0.4, -0.2) is 33.3 Å². The number of halogens is 1. The molecule has 27 heavy (non-hydrogen) atoms. The molecule has 0 saturated heterocycles. The summed E-state index contributed by atoms with van der Waals surface area (Å²) < 4.78 is 16.2. The Hall–Kier alpha value is -2.16. The van der Waals surface area contributed by atoms with Crippen LogP contribution in [0.3, 0.4) is 0 Å². The van der Waals surface area contributed by atoms with Crippen molar-refractivity contribution in [3.63, 3.8) is 0 Å². The van der Waals surface area contributed by atoms with E-state index in [2.05, 4.69) is 36.3 Å². The monoisotopic (exact) mass is 485 g/mol. The molecule has 0 aliphatic rings. The number of benzene rings is 2. The Kier molecular flexibility index (Phi) is 9.77. The zero-order valence-electron chi connectivity index (χ0n) is 16.2. The van der Waals surface area contributed by atoms with Crippen molar-refractivity contribution in [3.8, 4) is 17.2 Å². The van der Waals surface area contributed by atoms with E-state index in [-0.39, 0.29) is 24.0 Å². The molecule has 2 aromatic rings. The maximum absolute atomic E-state index is 5.91. The minimum atomic E-state index is 0. The van der Waals surface area contributed by atoms with E-state index in [1.165, 1.54) is 5.56 Å². The Morgan fingerprint density at radius 1 is 1.04 bits per heavy atom. The van der Waals surface area contributed by atoms with Crippen molar-refractivity contribution in [1.82, 2.24) is 0 Å². The van der Waals surface area contributed by atoms with Crippen LogP contribution in [0.1, 0.15) is 25.3 Å². The lowest BCUT2D eigenvalue weighted by atomic mass is 10.0. The molecule has 2 aromatic carbocycles. The van der Waals surface area contributed by atoms with Gasteiger partial charge in [-0.1, -0.05) is 26.0 Å². The minimum absolute atomic E-state index is 0. The smallest absolute Gasteiger partial charge is 0.193 e. The van der Waals surface area contributed by atoms with Gasteiger partial charge in [-0.05, 0) is 35.7 Å². The van der Waals surface area contributed by atoms with E-state index in [0.717, 1.165) is 11.4 Å². The van der Waals surface area contributed by atoms with Gasteiger partial charge in [0.05, 0.1) is 20.8 Å². The number of methoxy groups -OCH3 is 2. The van der Waals surface area contributed by atoms with Gasteiger partial charge in [0.25, 0.3) is 0 Å². The first kappa shape index (κ1) is 22.9. The Labute approximate surface area is 178 Å². The first-order valence-corrected chi connectivity index (χ1v) is 8.55. The third-order valence-electron chi connectivity index (χ3n) is 3.84. The van der Waals surface area contributed by atoms with Crippen molar-refractivity contribution in [3.05, 3.63) is 48.0 Å². The number of nitrogens with two attached hydrogens (primary N) is 1. The van der Waals surface area contributed by atoms with Gasteiger partial charge in [0.2, 0.25) is 0 Å². The highest BCUT2D eigenvalue weighted by atomic mass is 127. The molecule has 2 rings (SSSR count). The van der Waals surface area contributed by atoms with Crippen LogP contribution < -0.4 is 25.3 Å². The molecule has 0 spiro atoms. The zero-order valence-corrected chi connectivity index (χ0v) is 18.5. The number of aliphatic imine (C=N–C) groups is 1. The van der Waals surface area contributed by atoms with Crippen LogP contribution in [0.4, 0.5) is 5.69 Å². The SMILES string of the molecule is COc1ccc(NC(N)=NCCOc2ccc(C(C)C)cc2)cc1OC.I. The van der Waals surface area contributed by atoms with Gasteiger partial charge in [0.15, 0.2) is 17.5 Å². The van der Waals surface area contributed by atoms with Crippen molar-refractivity contribution in [2.24, 2.45) is 10.7 Å². The topological polar surface area (TPSA) is 78.1 Å². The molecule has 0 bridgehead atoms. The number of rotatable bonds is 8. The second-order valence-corrected chi connectivity index (χ2v) is 6.03. The number of anilines is 1. The molecule has 6 nitrogen and oxygen atoms in total. The molecule has 0 saturated carbocycles. The Bertz CT molecular complexity index is 734. The van der Waals surface area contributed by atoms with Gasteiger partial charge in [-0.15, -0.1) is 24.0 Å². The molecule has 7 heteroatoms. The molecular formula is C20H28IN3O3. The summed E-state index contributed by atoms with van der Waals surface area (Å²) >= 11 is 0. The zero-order chi connectivity index (χ0) is 18.9. The van der Waals surface area contributed by atoms with Gasteiger partial charge >= 0.3 is 0 Å². The van der Waals surface area contributed by atoms with E-state index < -0.39 is 0 Å². The summed E-state index contributed by atoms with van der Waals surface area (Å²) in [6, 6.07) is 13.6. The Balaban J connectivity index is 0.00000364. The summed E-state index contributed by atoms with van der Waals surface area (Å²) in [5.74, 6) is 2.94. The molecule has 148 valence electrons. The molecule has 0 amide bonds. The van der Waals surface area contributed by atoms with E-state index in [4.69, 9.17) is 19.9 Å². The molecule has 0 aromatic heterocycles. The van der Waals surface area contributed by atoms with Crippen molar-refractivity contribution in [2.75, 3.05) is 32.7 Å². The van der Waals surface area contributed by atoms with Gasteiger partial charge in [-0.3, -0.25) is 0 Å². The van der Waals surface area contributed by atoms with E-state index in [9.17, 15) is 0 Å². The third-order valence-corrected chi connectivity index (χ3v) is 3.84. The summed E-state index contributed by atoms with van der Waals surface area (Å²) in [7, 11) is 3.18. The number of hydrogen-bond acceptors (Lipinski definition) is 4. The standard InChI is InChI=1S/C20H27N3O3.HI/c1-14(2)15-5-8-17(9-6-15)26-12-11-22-20(21)23-16-7-10-18(24-3)19(13-16)25-4;/h5-10,13-14H,11-12H2,1-4H3,(H3,21,22,23);1H. The molecular weight excluding hydrogens is 457 g/mol. The summed E-state index contributed by atoms with van der Waals surface area (Å²) in [5.41, 5.74) is 7.97. The number of nitrogens with one attached hydrogen (secondary N) is 1. The lowest BCUT2D eigenvalue weighted by molar-refractivity contribution is 0.328. The van der Waals surface area contributed by atoms with Crippen LogP contribution in [0, 0.1) is 0 Å². The lowest BCUT2D eigenvalue weighted by Gasteiger charge is -2.11. The van der Waals surface area contributed by atoms with Crippen molar-refractivity contribution < 1.29 is 14.2 Å². The van der Waals surface area contributed by atoms with Crippen molar-refractivity contribution >= 4 is 35.6 Å². The molecule has 0 heterocycles. The highest BCUT2D eigenvalue weighted by Gasteiger charge is 2.05. The maximum atomic E-state index is 5.91. The van der Waals surface area contributed by atoms with Crippen LogP contribution in [0.2, 0.25) is 0 Å². The lowest BCUT2D eigenvalue weighted by Crippen LogP contribution is -2.23. The molecule has 0 aliphatic carbocycles. The average Bonchev–Trinajstić information content (AvgIpc) is 2.65. The molecule has 0 fully saturated rings. The third kappa shape index (κ3) is 7.16. The van der Waals surface area contributed by atoms with Gasteiger partial charge in [0.1, 0.15) is 12.4 Å². The Morgan fingerprint density at radius 3 is 2.30 bits per heavy atom. The van der Waals surface area contributed by atoms with Gasteiger partial charge in [-0.2, -0.15) is 0 Å². The summed E-state index contributed by atoms with van der Waals surface area (Å²) in [4.78, 5) is 4.26. The average molecular weight is 485 g/mol. The number of ether oxygens (including phenoxy) is 3. The van der Waals surface area contributed by atoms with Crippen LogP contribution in [0.5, 0.6) is 17.2 Å². The Morgan fingerprint density at radius 2 is 1.70 bits per heavy atom. The first-order chi connectivity index (χ1) is 12.5. The second-order valence-electron chi connectivity index (χ2n) is 6.03. The van der Waals surface area contributed by atoms with E-state index in [1.54, 1.807) is 26.4 Å². The number of hydrogen-bond donors (Lipinski definition) is 2. The largest absolute Gasteiger partial charge is 0.493 e. The highest BCUT2D eigenvalue weighted by molar-refractivity contribution is 14.0. The molecule has 0 aliphatic heterocycles. The summed E-state index contributed by atoms with van der Waals surface area (Å²) in [5, 5.41) is 3.02. The molecule has 0 radical (unpaired) electrons. The predicted octanol–water partition coefficient (Wildman–Crippen LogP) is 4.25. The fourth-order valence-corrected chi connectivity index (χ4v) is 2.38. The fourth-order valence-electron chi connectivity index (χ4n) is 2.38. The number of nitrogens with zero attached hydrogens (tertiary/aromatic N) is 1. The number of guanidine groups is 1. The van der Waals surface area contributed by atoms with Crippen LogP contribution in [0.25, 0.3) is 0 Å².